The lowest BCUT2D eigenvalue weighted by Crippen LogP contribution is -2.58. The highest BCUT2D eigenvalue weighted by atomic mass is 16.7. The van der Waals surface area contributed by atoms with Crippen molar-refractivity contribution in [1.82, 2.24) is 0 Å². The molecule has 0 radical (unpaired) electrons. The maximum atomic E-state index is 9.85. The van der Waals surface area contributed by atoms with Gasteiger partial charge in [0.15, 0.2) is 6.20 Å². The van der Waals surface area contributed by atoms with Gasteiger partial charge in [0.1, 0.15) is 24.1 Å². The standard InChI is InChI=1S/C15H17NO5/c1-9-12(17)13(18)14(19)15(20-9)21-11-5-3-10(4-6-11)7-8-16-2/h3-9,12-15,17-19H,1H3. The molecule has 0 bridgehead atoms. The maximum absolute atomic E-state index is 9.85. The summed E-state index contributed by atoms with van der Waals surface area (Å²) in [4.78, 5) is 3.11. The molecule has 0 aliphatic carbocycles. The van der Waals surface area contributed by atoms with Gasteiger partial charge < -0.3 is 24.8 Å². The minimum atomic E-state index is -1.34. The van der Waals surface area contributed by atoms with E-state index in [1.165, 1.54) is 6.20 Å². The zero-order chi connectivity index (χ0) is 15.4. The minimum Gasteiger partial charge on any atom is -0.462 e. The molecule has 3 N–H and O–H groups in total. The summed E-state index contributed by atoms with van der Waals surface area (Å²) in [7, 11) is 0. The zero-order valence-corrected chi connectivity index (χ0v) is 11.5. The van der Waals surface area contributed by atoms with E-state index >= 15 is 0 Å². The predicted octanol–water partition coefficient (Wildman–Crippen LogP) is 0.783. The lowest BCUT2D eigenvalue weighted by Gasteiger charge is -2.38. The zero-order valence-electron chi connectivity index (χ0n) is 11.5. The lowest BCUT2D eigenvalue weighted by atomic mass is 10.00. The fourth-order valence-electron chi connectivity index (χ4n) is 2.03. The van der Waals surface area contributed by atoms with E-state index in [1.54, 1.807) is 37.3 Å². The molecule has 5 unspecified atom stereocenters. The van der Waals surface area contributed by atoms with Crippen molar-refractivity contribution in [2.24, 2.45) is 0 Å². The highest BCUT2D eigenvalue weighted by Gasteiger charge is 2.43. The van der Waals surface area contributed by atoms with Crippen LogP contribution in [-0.2, 0) is 4.74 Å². The van der Waals surface area contributed by atoms with E-state index in [4.69, 9.17) is 16.0 Å². The fraction of sp³-hybridized carbons (Fsp3) is 0.400. The molecule has 0 spiro atoms. The first-order valence-electron chi connectivity index (χ1n) is 6.52. The number of aliphatic hydroxyl groups is 3. The highest BCUT2D eigenvalue weighted by Crippen LogP contribution is 2.24. The first-order chi connectivity index (χ1) is 10.0. The number of benzene rings is 1. The molecule has 0 saturated carbocycles. The fourth-order valence-corrected chi connectivity index (χ4v) is 2.03. The summed E-state index contributed by atoms with van der Waals surface area (Å²) in [5.74, 6) is 0.454. The Bertz CT molecular complexity index is 536. The van der Waals surface area contributed by atoms with Crippen molar-refractivity contribution in [3.63, 3.8) is 0 Å². The Labute approximate surface area is 122 Å². The van der Waals surface area contributed by atoms with E-state index in [2.05, 4.69) is 4.85 Å². The minimum absolute atomic E-state index is 0.454. The molecule has 1 saturated heterocycles. The van der Waals surface area contributed by atoms with Gasteiger partial charge in [0, 0.05) is 0 Å². The quantitative estimate of drug-likeness (QED) is 0.717. The molecule has 1 aliphatic heterocycles. The Morgan fingerprint density at radius 2 is 1.81 bits per heavy atom. The van der Waals surface area contributed by atoms with Gasteiger partial charge in [0.05, 0.1) is 12.7 Å². The summed E-state index contributed by atoms with van der Waals surface area (Å²) in [6, 6.07) is 6.84. The second-order valence-electron chi connectivity index (χ2n) is 4.81. The van der Waals surface area contributed by atoms with E-state index < -0.39 is 30.7 Å². The molecule has 6 nitrogen and oxygen atoms in total. The van der Waals surface area contributed by atoms with Crippen LogP contribution in [0.2, 0.25) is 0 Å². The van der Waals surface area contributed by atoms with Crippen LogP contribution in [0.25, 0.3) is 10.9 Å². The summed E-state index contributed by atoms with van der Waals surface area (Å²) < 4.78 is 10.8. The van der Waals surface area contributed by atoms with Crippen LogP contribution in [-0.4, -0.2) is 46.0 Å². The van der Waals surface area contributed by atoms with Gasteiger partial charge in [-0.2, -0.15) is 0 Å². The van der Waals surface area contributed by atoms with Crippen molar-refractivity contribution in [3.05, 3.63) is 47.4 Å². The number of aliphatic hydroxyl groups excluding tert-OH is 3. The van der Waals surface area contributed by atoms with Crippen LogP contribution in [0.3, 0.4) is 0 Å². The van der Waals surface area contributed by atoms with Gasteiger partial charge in [-0.15, -0.1) is 0 Å². The van der Waals surface area contributed by atoms with Crippen molar-refractivity contribution in [2.75, 3.05) is 0 Å². The third kappa shape index (κ3) is 3.60. The normalized spacial score (nSPS) is 32.8. The summed E-state index contributed by atoms with van der Waals surface area (Å²) >= 11 is 0. The lowest BCUT2D eigenvalue weighted by molar-refractivity contribution is -0.268. The van der Waals surface area contributed by atoms with Crippen LogP contribution in [0.5, 0.6) is 5.75 Å². The molecule has 6 heteroatoms. The molecule has 1 fully saturated rings. The molecule has 1 aromatic carbocycles. The first kappa shape index (κ1) is 15.5. The van der Waals surface area contributed by atoms with Crippen molar-refractivity contribution in [2.45, 2.75) is 37.6 Å². The third-order valence-corrected chi connectivity index (χ3v) is 3.28. The highest BCUT2D eigenvalue weighted by molar-refractivity contribution is 5.51. The Kier molecular flexibility index (Phi) is 4.94. The number of rotatable bonds is 3. The van der Waals surface area contributed by atoms with E-state index in [0.717, 1.165) is 5.56 Å². The summed E-state index contributed by atoms with van der Waals surface area (Å²) in [6.45, 7) is 8.26. The number of ether oxygens (including phenoxy) is 2. The largest absolute Gasteiger partial charge is 0.462 e. The van der Waals surface area contributed by atoms with Crippen molar-refractivity contribution in [1.29, 1.82) is 0 Å². The molecule has 5 atom stereocenters. The Morgan fingerprint density at radius 1 is 1.14 bits per heavy atom. The SMILES string of the molecule is [C-]#[N+]C=Cc1ccc(OC2OC(C)C(O)C(O)C2O)cc1. The monoisotopic (exact) mass is 291 g/mol. The van der Waals surface area contributed by atoms with Crippen LogP contribution >= 0.6 is 0 Å². The van der Waals surface area contributed by atoms with Crippen molar-refractivity contribution < 1.29 is 24.8 Å². The Hall–Kier alpha value is -1.91. The van der Waals surface area contributed by atoms with Crippen LogP contribution in [0.15, 0.2) is 30.5 Å². The molecule has 21 heavy (non-hydrogen) atoms. The van der Waals surface area contributed by atoms with Gasteiger partial charge in [0.25, 0.3) is 0 Å². The van der Waals surface area contributed by atoms with Gasteiger partial charge in [-0.3, -0.25) is 0 Å². The van der Waals surface area contributed by atoms with Crippen LogP contribution in [0, 0.1) is 6.57 Å². The number of nitrogens with zero attached hydrogens (tertiary/aromatic N) is 1. The third-order valence-electron chi connectivity index (χ3n) is 3.28. The summed E-state index contributed by atoms with van der Waals surface area (Å²) in [5.41, 5.74) is 0.840. The van der Waals surface area contributed by atoms with Crippen molar-refractivity contribution >= 4 is 6.08 Å². The topological polar surface area (TPSA) is 83.5 Å². The van der Waals surface area contributed by atoms with E-state index in [9.17, 15) is 15.3 Å². The molecular weight excluding hydrogens is 274 g/mol. The summed E-state index contributed by atoms with van der Waals surface area (Å²) in [5, 5.41) is 29.2. The molecule has 1 heterocycles. The molecular formula is C15H17NO5. The summed E-state index contributed by atoms with van der Waals surface area (Å²) in [6.07, 6.45) is -2.50. The predicted molar refractivity (Wildman–Crippen MR) is 75.1 cm³/mol. The van der Waals surface area contributed by atoms with Crippen LogP contribution in [0.1, 0.15) is 12.5 Å². The average Bonchev–Trinajstić information content (AvgIpc) is 2.50. The van der Waals surface area contributed by atoms with E-state index in [0.29, 0.717) is 5.75 Å². The maximum Gasteiger partial charge on any atom is 0.229 e. The van der Waals surface area contributed by atoms with Crippen molar-refractivity contribution in [3.8, 4) is 5.75 Å². The molecule has 2 rings (SSSR count). The van der Waals surface area contributed by atoms with Gasteiger partial charge in [-0.05, 0) is 24.6 Å². The molecule has 0 amide bonds. The molecule has 112 valence electrons. The van der Waals surface area contributed by atoms with E-state index in [-0.39, 0.29) is 0 Å². The molecule has 1 aromatic rings. The smallest absolute Gasteiger partial charge is 0.229 e. The Balaban J connectivity index is 2.04. The number of hydrogen-bond donors (Lipinski definition) is 3. The Morgan fingerprint density at radius 3 is 2.43 bits per heavy atom. The average molecular weight is 291 g/mol. The van der Waals surface area contributed by atoms with Crippen LogP contribution < -0.4 is 4.74 Å². The molecule has 1 aliphatic rings. The van der Waals surface area contributed by atoms with Crippen LogP contribution in [0.4, 0.5) is 0 Å². The van der Waals surface area contributed by atoms with Gasteiger partial charge in [-0.25, -0.2) is 4.85 Å². The molecule has 0 aromatic heterocycles. The van der Waals surface area contributed by atoms with Gasteiger partial charge in [-0.1, -0.05) is 18.2 Å². The second-order valence-corrected chi connectivity index (χ2v) is 4.81. The number of hydrogen-bond acceptors (Lipinski definition) is 5. The first-order valence-corrected chi connectivity index (χ1v) is 6.52. The van der Waals surface area contributed by atoms with Gasteiger partial charge >= 0.3 is 0 Å². The second kappa shape index (κ2) is 6.70. The van der Waals surface area contributed by atoms with Gasteiger partial charge in [0.2, 0.25) is 6.29 Å². The van der Waals surface area contributed by atoms with E-state index in [1.807, 2.05) is 0 Å².